The quantitative estimate of drug-likeness (QED) is 0.915. The highest BCUT2D eigenvalue weighted by molar-refractivity contribution is 5.78. The van der Waals surface area contributed by atoms with Gasteiger partial charge in [-0.15, -0.1) is 0 Å². The summed E-state index contributed by atoms with van der Waals surface area (Å²) in [5, 5.41) is 0. The molecule has 1 atom stereocenters. The van der Waals surface area contributed by atoms with Crippen molar-refractivity contribution < 1.29 is 18.0 Å². The maximum atomic E-state index is 12.6. The zero-order valence-corrected chi connectivity index (χ0v) is 10.3. The van der Waals surface area contributed by atoms with Gasteiger partial charge >= 0.3 is 6.18 Å². The zero-order chi connectivity index (χ0) is 14.0. The normalized spacial score (nSPS) is 20.1. The molecule has 1 aromatic rings. The molecule has 3 nitrogen and oxygen atoms in total. The van der Waals surface area contributed by atoms with E-state index in [2.05, 4.69) is 0 Å². The van der Waals surface area contributed by atoms with Gasteiger partial charge in [0.05, 0.1) is 5.56 Å². The summed E-state index contributed by atoms with van der Waals surface area (Å²) in [6, 6.07) is 5.07. The van der Waals surface area contributed by atoms with Crippen LogP contribution >= 0.6 is 0 Å². The van der Waals surface area contributed by atoms with Crippen molar-refractivity contribution in [3.8, 4) is 0 Å². The van der Waals surface area contributed by atoms with Crippen molar-refractivity contribution in [2.24, 2.45) is 11.7 Å². The van der Waals surface area contributed by atoms with E-state index in [4.69, 9.17) is 5.73 Å². The van der Waals surface area contributed by atoms with E-state index >= 15 is 0 Å². The Morgan fingerprint density at radius 2 is 2.11 bits per heavy atom. The maximum absolute atomic E-state index is 12.6. The van der Waals surface area contributed by atoms with Crippen LogP contribution in [0.5, 0.6) is 0 Å². The van der Waals surface area contributed by atoms with Crippen LogP contribution in [0.4, 0.5) is 13.2 Å². The van der Waals surface area contributed by atoms with Crippen LogP contribution < -0.4 is 5.73 Å². The first-order chi connectivity index (χ1) is 8.90. The van der Waals surface area contributed by atoms with Gasteiger partial charge in [0.25, 0.3) is 0 Å². The first kappa shape index (κ1) is 13.9. The van der Waals surface area contributed by atoms with Gasteiger partial charge in [-0.1, -0.05) is 12.1 Å². The fourth-order valence-corrected chi connectivity index (χ4v) is 2.23. The van der Waals surface area contributed by atoms with Crippen LogP contribution in [0.2, 0.25) is 0 Å². The van der Waals surface area contributed by atoms with Crippen molar-refractivity contribution in [3.63, 3.8) is 0 Å². The Hall–Kier alpha value is -1.56. The minimum absolute atomic E-state index is 0.0483. The van der Waals surface area contributed by atoms with Crippen LogP contribution in [0.25, 0.3) is 0 Å². The van der Waals surface area contributed by atoms with Crippen LogP contribution in [0, 0.1) is 5.92 Å². The van der Waals surface area contributed by atoms with Gasteiger partial charge in [-0.2, -0.15) is 13.2 Å². The number of hydrogen-bond acceptors (Lipinski definition) is 2. The third-order valence-electron chi connectivity index (χ3n) is 3.26. The summed E-state index contributed by atoms with van der Waals surface area (Å²) in [7, 11) is 0. The minimum atomic E-state index is -4.36. The first-order valence-corrected chi connectivity index (χ1v) is 6.04. The lowest BCUT2D eigenvalue weighted by molar-refractivity contribution is -0.137. The summed E-state index contributed by atoms with van der Waals surface area (Å²) in [6.07, 6.45) is -3.97. The number of benzene rings is 1. The summed E-state index contributed by atoms with van der Waals surface area (Å²) < 4.78 is 37.7. The SMILES string of the molecule is NC[C@@H]1CC(=O)N(Cc2cccc(C(F)(F)F)c2)C1. The number of likely N-dealkylation sites (tertiary alicyclic amines) is 1. The fourth-order valence-electron chi connectivity index (χ4n) is 2.23. The Morgan fingerprint density at radius 1 is 1.37 bits per heavy atom. The van der Waals surface area contributed by atoms with Crippen LogP contribution in [-0.2, 0) is 17.5 Å². The number of rotatable bonds is 3. The molecule has 0 aliphatic carbocycles. The Labute approximate surface area is 109 Å². The molecule has 1 heterocycles. The molecule has 1 aliphatic heterocycles. The number of carbonyl (C=O) groups excluding carboxylic acids is 1. The predicted molar refractivity (Wildman–Crippen MR) is 64.0 cm³/mol. The van der Waals surface area contributed by atoms with Gasteiger partial charge in [-0.3, -0.25) is 4.79 Å². The lowest BCUT2D eigenvalue weighted by Gasteiger charge is -2.17. The average Bonchev–Trinajstić information content (AvgIpc) is 2.70. The molecule has 104 valence electrons. The summed E-state index contributed by atoms with van der Waals surface area (Å²) in [4.78, 5) is 13.2. The second-order valence-corrected chi connectivity index (χ2v) is 4.78. The van der Waals surface area contributed by atoms with E-state index in [1.54, 1.807) is 11.0 Å². The van der Waals surface area contributed by atoms with Crippen molar-refractivity contribution >= 4 is 5.91 Å². The highest BCUT2D eigenvalue weighted by Crippen LogP contribution is 2.30. The summed E-state index contributed by atoms with van der Waals surface area (Å²) in [6.45, 7) is 1.15. The number of nitrogens with two attached hydrogens (primary N) is 1. The van der Waals surface area contributed by atoms with E-state index in [9.17, 15) is 18.0 Å². The molecule has 1 aromatic carbocycles. The van der Waals surface area contributed by atoms with Crippen LogP contribution in [-0.4, -0.2) is 23.9 Å². The monoisotopic (exact) mass is 272 g/mol. The lowest BCUT2D eigenvalue weighted by Crippen LogP contribution is -2.25. The van der Waals surface area contributed by atoms with Crippen LogP contribution in [0.15, 0.2) is 24.3 Å². The second-order valence-electron chi connectivity index (χ2n) is 4.78. The topological polar surface area (TPSA) is 46.3 Å². The Morgan fingerprint density at radius 3 is 2.68 bits per heavy atom. The molecule has 6 heteroatoms. The minimum Gasteiger partial charge on any atom is -0.338 e. The molecule has 0 unspecified atom stereocenters. The second kappa shape index (κ2) is 5.21. The van der Waals surface area contributed by atoms with E-state index in [-0.39, 0.29) is 18.4 Å². The van der Waals surface area contributed by atoms with Crippen molar-refractivity contribution in [3.05, 3.63) is 35.4 Å². The van der Waals surface area contributed by atoms with Gasteiger partial charge in [-0.05, 0) is 30.2 Å². The molecule has 2 rings (SSSR count). The molecule has 1 aliphatic rings. The molecule has 0 saturated carbocycles. The molecule has 0 radical (unpaired) electrons. The molecule has 2 N–H and O–H groups in total. The third-order valence-corrected chi connectivity index (χ3v) is 3.26. The molecule has 19 heavy (non-hydrogen) atoms. The molecule has 0 aromatic heterocycles. The van der Waals surface area contributed by atoms with Crippen molar-refractivity contribution in [1.82, 2.24) is 4.90 Å². The first-order valence-electron chi connectivity index (χ1n) is 6.04. The Bertz CT molecular complexity index is 473. The number of alkyl halides is 3. The molecule has 1 saturated heterocycles. The van der Waals surface area contributed by atoms with Gasteiger partial charge < -0.3 is 10.6 Å². The van der Waals surface area contributed by atoms with Gasteiger partial charge in [0.1, 0.15) is 0 Å². The Balaban J connectivity index is 2.10. The van der Waals surface area contributed by atoms with Crippen LogP contribution in [0.3, 0.4) is 0 Å². The van der Waals surface area contributed by atoms with E-state index in [0.717, 1.165) is 12.1 Å². The summed E-state index contributed by atoms with van der Waals surface area (Å²) in [5.74, 6) is 0.0613. The predicted octanol–water partition coefficient (Wildman–Crippen LogP) is 2.01. The smallest absolute Gasteiger partial charge is 0.338 e. The highest BCUT2D eigenvalue weighted by Gasteiger charge is 2.31. The van der Waals surface area contributed by atoms with Gasteiger partial charge in [-0.25, -0.2) is 0 Å². The average molecular weight is 272 g/mol. The van der Waals surface area contributed by atoms with Gasteiger partial charge in [0.2, 0.25) is 5.91 Å². The molecule has 0 bridgehead atoms. The molecule has 1 fully saturated rings. The zero-order valence-electron chi connectivity index (χ0n) is 10.3. The number of carbonyl (C=O) groups is 1. The van der Waals surface area contributed by atoms with E-state index in [1.165, 1.54) is 6.07 Å². The van der Waals surface area contributed by atoms with Crippen molar-refractivity contribution in [2.45, 2.75) is 19.1 Å². The Kier molecular flexibility index (Phi) is 3.80. The number of halogens is 3. The lowest BCUT2D eigenvalue weighted by atomic mass is 10.1. The standard InChI is InChI=1S/C13H15F3N2O/c14-13(15,16)11-3-1-2-9(4-11)7-18-8-10(6-17)5-12(18)19/h1-4,10H,5-8,17H2/t10-/m0/s1. The van der Waals surface area contributed by atoms with E-state index < -0.39 is 11.7 Å². The van der Waals surface area contributed by atoms with Gasteiger partial charge in [0, 0.05) is 19.5 Å². The molecular weight excluding hydrogens is 257 g/mol. The summed E-state index contributed by atoms with van der Waals surface area (Å²) in [5.41, 5.74) is 5.30. The van der Waals surface area contributed by atoms with Gasteiger partial charge in [0.15, 0.2) is 0 Å². The van der Waals surface area contributed by atoms with E-state index in [0.29, 0.717) is 25.1 Å². The molecule has 0 spiro atoms. The largest absolute Gasteiger partial charge is 0.416 e. The summed E-state index contributed by atoms with van der Waals surface area (Å²) >= 11 is 0. The van der Waals surface area contributed by atoms with E-state index in [1.807, 2.05) is 0 Å². The number of nitrogens with zero attached hydrogens (tertiary/aromatic N) is 1. The highest BCUT2D eigenvalue weighted by atomic mass is 19.4. The molecule has 1 amide bonds. The number of amides is 1. The third kappa shape index (κ3) is 3.26. The van der Waals surface area contributed by atoms with Crippen LogP contribution in [0.1, 0.15) is 17.5 Å². The fraction of sp³-hybridized carbons (Fsp3) is 0.462. The van der Waals surface area contributed by atoms with Crippen molar-refractivity contribution in [2.75, 3.05) is 13.1 Å². The maximum Gasteiger partial charge on any atom is 0.416 e. The molecular formula is C13H15F3N2O. The number of hydrogen-bond donors (Lipinski definition) is 1. The van der Waals surface area contributed by atoms with Crippen molar-refractivity contribution in [1.29, 1.82) is 0 Å².